The van der Waals surface area contributed by atoms with Crippen LogP contribution in [0.1, 0.15) is 0 Å². The fourth-order valence-electron chi connectivity index (χ4n) is 0.929. The summed E-state index contributed by atoms with van der Waals surface area (Å²) in [6, 6.07) is 6.82. The zero-order valence-corrected chi connectivity index (χ0v) is 10.3. The first kappa shape index (κ1) is 12.7. The Bertz CT molecular complexity index is 543. The smallest absolute Gasteiger partial charge is 0.207 e. The molecule has 82 valence electrons. The van der Waals surface area contributed by atoms with Gasteiger partial charge in [0.25, 0.3) is 0 Å². The Morgan fingerprint density at radius 2 is 1.80 bits per heavy atom. The molecule has 0 aliphatic carbocycles. The first-order chi connectivity index (χ1) is 6.86. The summed E-state index contributed by atoms with van der Waals surface area (Å²) >= 11 is 1.56. The summed E-state index contributed by atoms with van der Waals surface area (Å²) in [6.45, 7) is 0. The normalized spacial score (nSPS) is 10.9. The van der Waals surface area contributed by atoms with E-state index in [1.54, 1.807) is 23.5 Å². The van der Waals surface area contributed by atoms with Gasteiger partial charge in [-0.3, -0.25) is 0 Å². The van der Waals surface area contributed by atoms with Gasteiger partial charge in [-0.25, -0.2) is 4.39 Å². The molecule has 0 N–H and O–H groups in total. The first-order valence-electron chi connectivity index (χ1n) is 3.63. The maximum Gasteiger partial charge on any atom is 0.317 e. The van der Waals surface area contributed by atoms with E-state index in [1.165, 1.54) is 6.07 Å². The first-order valence-corrected chi connectivity index (χ1v) is 7.65. The van der Waals surface area contributed by atoms with Gasteiger partial charge in [-0.1, -0.05) is 6.07 Å². The van der Waals surface area contributed by atoms with Crippen LogP contribution in [0, 0.1) is 5.82 Å². The Morgan fingerprint density at radius 3 is 2.40 bits per heavy atom. The topological polar surface area (TPSA) is 34.1 Å². The second kappa shape index (κ2) is 5.12. The highest BCUT2D eigenvalue weighted by Crippen LogP contribution is 2.20. The lowest BCUT2D eigenvalue weighted by Gasteiger charge is -1.86. The van der Waals surface area contributed by atoms with E-state index in [0.717, 1.165) is 10.1 Å². The van der Waals surface area contributed by atoms with Gasteiger partial charge in [-0.15, -0.1) is 11.3 Å². The van der Waals surface area contributed by atoms with Crippen LogP contribution in [0.5, 0.6) is 0 Å². The molecule has 0 radical (unpaired) electrons. The van der Waals surface area contributed by atoms with Crippen molar-refractivity contribution in [3.63, 3.8) is 0 Å². The Labute approximate surface area is 99.2 Å². The standard InChI is InChI=1S/C8H5FS.Cl2O2S/c9-7-2-1-6-3-4-10-8(6)5-7;1-5(2,3)4/h1-5H;. The minimum atomic E-state index is -3.72. The van der Waals surface area contributed by atoms with Crippen molar-refractivity contribution in [3.8, 4) is 0 Å². The second-order valence-electron chi connectivity index (χ2n) is 2.48. The van der Waals surface area contributed by atoms with Gasteiger partial charge >= 0.3 is 8.26 Å². The van der Waals surface area contributed by atoms with Gasteiger partial charge in [0.05, 0.1) is 0 Å². The van der Waals surface area contributed by atoms with Gasteiger partial charge in [0.15, 0.2) is 0 Å². The van der Waals surface area contributed by atoms with Crippen LogP contribution in [-0.4, -0.2) is 8.42 Å². The van der Waals surface area contributed by atoms with Crippen molar-refractivity contribution in [1.29, 1.82) is 0 Å². The van der Waals surface area contributed by atoms with Crippen LogP contribution in [-0.2, 0) is 8.26 Å². The van der Waals surface area contributed by atoms with E-state index in [1.807, 2.05) is 11.4 Å². The van der Waals surface area contributed by atoms with Gasteiger partial charge in [0.1, 0.15) is 5.82 Å². The molecule has 2 aromatic rings. The molecule has 1 aromatic carbocycles. The summed E-state index contributed by atoms with van der Waals surface area (Å²) in [5, 5.41) is 3.08. The average Bonchev–Trinajstić information content (AvgIpc) is 2.47. The third kappa shape index (κ3) is 5.32. The summed E-state index contributed by atoms with van der Waals surface area (Å²) in [5.74, 6) is -0.157. The van der Waals surface area contributed by atoms with Gasteiger partial charge in [0.2, 0.25) is 0 Å². The van der Waals surface area contributed by atoms with Crippen LogP contribution >= 0.6 is 32.7 Å². The van der Waals surface area contributed by atoms with Crippen LogP contribution in [0.3, 0.4) is 0 Å². The van der Waals surface area contributed by atoms with Crippen molar-refractivity contribution in [2.75, 3.05) is 0 Å². The molecule has 0 aliphatic rings. The molecule has 15 heavy (non-hydrogen) atoms. The molecular formula is C8H5Cl2FO2S2. The Hall–Kier alpha value is -0.360. The lowest BCUT2D eigenvalue weighted by atomic mass is 10.3. The molecule has 0 unspecified atom stereocenters. The molecule has 7 heteroatoms. The van der Waals surface area contributed by atoms with Crippen LogP contribution in [0.15, 0.2) is 29.6 Å². The summed E-state index contributed by atoms with van der Waals surface area (Å²) in [7, 11) is 4.81. The molecule has 0 spiro atoms. The second-order valence-corrected chi connectivity index (χ2v) is 7.10. The predicted octanol–water partition coefficient (Wildman–Crippen LogP) is 3.75. The van der Waals surface area contributed by atoms with Crippen LogP contribution in [0.4, 0.5) is 4.39 Å². The Morgan fingerprint density at radius 1 is 1.20 bits per heavy atom. The molecule has 2 nitrogen and oxygen atoms in total. The van der Waals surface area contributed by atoms with Crippen molar-refractivity contribution >= 4 is 51.1 Å². The number of fused-ring (bicyclic) bond motifs is 1. The summed E-state index contributed by atoms with van der Waals surface area (Å²) < 4.78 is 31.9. The highest BCUT2D eigenvalue weighted by atomic mass is 36.0. The van der Waals surface area contributed by atoms with Crippen molar-refractivity contribution in [2.24, 2.45) is 0 Å². The van der Waals surface area contributed by atoms with Crippen molar-refractivity contribution in [1.82, 2.24) is 0 Å². The molecule has 0 bridgehead atoms. The zero-order valence-electron chi connectivity index (χ0n) is 7.15. The molecule has 0 aliphatic heterocycles. The molecule has 0 fully saturated rings. The zero-order chi connectivity index (χ0) is 11.5. The van der Waals surface area contributed by atoms with E-state index in [2.05, 4.69) is 21.4 Å². The van der Waals surface area contributed by atoms with Gasteiger partial charge in [-0.2, -0.15) is 8.42 Å². The SMILES string of the molecule is Fc1ccc2ccsc2c1.O=S(=O)(Cl)Cl. The third-order valence-corrected chi connectivity index (χ3v) is 2.30. The Kier molecular flexibility index (Phi) is 4.33. The number of rotatable bonds is 0. The van der Waals surface area contributed by atoms with E-state index in [-0.39, 0.29) is 5.82 Å². The monoisotopic (exact) mass is 286 g/mol. The lowest BCUT2D eigenvalue weighted by molar-refractivity contribution is 0.621. The van der Waals surface area contributed by atoms with Crippen LogP contribution in [0.25, 0.3) is 10.1 Å². The van der Waals surface area contributed by atoms with Crippen molar-refractivity contribution in [3.05, 3.63) is 35.5 Å². The number of hydrogen-bond donors (Lipinski definition) is 0. The van der Waals surface area contributed by atoms with E-state index in [4.69, 9.17) is 8.42 Å². The minimum absolute atomic E-state index is 0.157. The predicted molar refractivity (Wildman–Crippen MR) is 62.4 cm³/mol. The average molecular weight is 287 g/mol. The number of thiophene rings is 1. The van der Waals surface area contributed by atoms with E-state index >= 15 is 0 Å². The number of benzene rings is 1. The fourth-order valence-corrected chi connectivity index (χ4v) is 1.74. The van der Waals surface area contributed by atoms with E-state index < -0.39 is 8.26 Å². The maximum absolute atomic E-state index is 12.5. The summed E-state index contributed by atoms with van der Waals surface area (Å²) in [5.41, 5.74) is 0. The molecule has 0 atom stereocenters. The molecule has 0 amide bonds. The number of hydrogen-bond acceptors (Lipinski definition) is 3. The van der Waals surface area contributed by atoms with Crippen molar-refractivity contribution in [2.45, 2.75) is 0 Å². The summed E-state index contributed by atoms with van der Waals surface area (Å²) in [6.07, 6.45) is 0. The molecule has 1 heterocycles. The third-order valence-electron chi connectivity index (χ3n) is 1.42. The maximum atomic E-state index is 12.5. The van der Waals surface area contributed by atoms with Crippen LogP contribution < -0.4 is 0 Å². The molecule has 1 aromatic heterocycles. The molecule has 2 rings (SSSR count). The minimum Gasteiger partial charge on any atom is -0.207 e. The number of halogens is 3. The van der Waals surface area contributed by atoms with Crippen molar-refractivity contribution < 1.29 is 12.8 Å². The summed E-state index contributed by atoms with van der Waals surface area (Å²) in [4.78, 5) is 0. The highest BCUT2D eigenvalue weighted by molar-refractivity contribution is 8.31. The lowest BCUT2D eigenvalue weighted by Crippen LogP contribution is -1.67. The van der Waals surface area contributed by atoms with Gasteiger partial charge in [0, 0.05) is 26.1 Å². The molecule has 0 saturated heterocycles. The van der Waals surface area contributed by atoms with E-state index in [0.29, 0.717) is 0 Å². The molecular weight excluding hydrogens is 282 g/mol. The van der Waals surface area contributed by atoms with Gasteiger partial charge in [-0.05, 0) is 29.0 Å². The van der Waals surface area contributed by atoms with E-state index in [9.17, 15) is 4.39 Å². The fraction of sp³-hybridized carbons (Fsp3) is 0. The molecule has 0 saturated carbocycles. The quantitative estimate of drug-likeness (QED) is 0.691. The van der Waals surface area contributed by atoms with Crippen LogP contribution in [0.2, 0.25) is 0 Å². The Balaban J connectivity index is 0.000000195. The van der Waals surface area contributed by atoms with Gasteiger partial charge < -0.3 is 0 Å². The highest BCUT2D eigenvalue weighted by Gasteiger charge is 1.94. The largest absolute Gasteiger partial charge is 0.317 e.